The van der Waals surface area contributed by atoms with Crippen molar-refractivity contribution in [2.24, 2.45) is 0 Å². The van der Waals surface area contributed by atoms with E-state index >= 15 is 0 Å². The number of carbonyl (C=O) groups is 1. The summed E-state index contributed by atoms with van der Waals surface area (Å²) in [4.78, 5) is 13.0. The number of benzene rings is 3. The average Bonchev–Trinajstić information content (AvgIpc) is 2.84. The quantitative estimate of drug-likeness (QED) is 0.295. The van der Waals surface area contributed by atoms with Crippen molar-refractivity contribution in [3.05, 3.63) is 71.3 Å². The lowest BCUT2D eigenvalue weighted by Crippen LogP contribution is -2.30. The number of esters is 1. The number of ether oxygens (including phenoxy) is 3. The first-order valence-electron chi connectivity index (χ1n) is 12.0. The van der Waals surface area contributed by atoms with Crippen molar-refractivity contribution < 1.29 is 32.2 Å². The molecule has 0 amide bonds. The molecule has 0 saturated carbocycles. The normalized spacial score (nSPS) is 14.5. The topological polar surface area (TPSA) is 70.8 Å². The average molecular weight is 514 g/mol. The zero-order chi connectivity index (χ0) is 27.0. The molecule has 3 aromatic rings. The molecule has 2 N–H and O–H groups in total. The first-order chi connectivity index (χ1) is 17.4. The Balaban J connectivity index is 2.12. The van der Waals surface area contributed by atoms with E-state index in [0.717, 1.165) is 31.6 Å². The number of nitrogens with two attached hydrogens (primary N) is 1. The summed E-state index contributed by atoms with van der Waals surface area (Å²) >= 11 is 0. The molecule has 1 atom stereocenters. The number of halogens is 3. The van der Waals surface area contributed by atoms with Crippen LogP contribution in [0, 0.1) is 0 Å². The Bertz CT molecular complexity index is 1310. The third-order valence-electron chi connectivity index (χ3n) is 6.09. The van der Waals surface area contributed by atoms with Crippen molar-refractivity contribution in [1.82, 2.24) is 0 Å². The molecule has 37 heavy (non-hydrogen) atoms. The summed E-state index contributed by atoms with van der Waals surface area (Å²) < 4.78 is 60.2. The summed E-state index contributed by atoms with van der Waals surface area (Å²) in [6, 6.07) is 14.6. The summed E-state index contributed by atoms with van der Waals surface area (Å²) in [5.74, 6) is -0.225. The Morgan fingerprint density at radius 3 is 2.43 bits per heavy atom. The van der Waals surface area contributed by atoms with Crippen LogP contribution in [0.4, 0.5) is 18.9 Å². The van der Waals surface area contributed by atoms with Crippen LogP contribution in [0.25, 0.3) is 22.3 Å². The number of hydrogen-bond acceptors (Lipinski definition) is 5. The summed E-state index contributed by atoms with van der Waals surface area (Å²) in [5, 5.41) is 0. The number of methoxy groups -OCH3 is 1. The molecule has 1 aliphatic rings. The first-order valence-corrected chi connectivity index (χ1v) is 12.0. The van der Waals surface area contributed by atoms with Crippen molar-refractivity contribution >= 4 is 11.7 Å². The minimum absolute atomic E-state index is 0.230. The fourth-order valence-electron chi connectivity index (χ4n) is 4.60. The van der Waals surface area contributed by atoms with Gasteiger partial charge in [0.2, 0.25) is 0 Å². The molecule has 0 aromatic heterocycles. The van der Waals surface area contributed by atoms with Crippen molar-refractivity contribution in [1.29, 1.82) is 0 Å². The Kier molecular flexibility index (Phi) is 7.24. The lowest BCUT2D eigenvalue weighted by Gasteiger charge is -2.31. The number of hydrogen-bond donors (Lipinski definition) is 1. The lowest BCUT2D eigenvalue weighted by atomic mass is 9.84. The minimum Gasteiger partial charge on any atom is -0.493 e. The van der Waals surface area contributed by atoms with Gasteiger partial charge in [0.1, 0.15) is 5.75 Å². The highest BCUT2D eigenvalue weighted by Gasteiger charge is 2.42. The largest absolute Gasteiger partial charge is 0.493 e. The predicted molar refractivity (Wildman–Crippen MR) is 136 cm³/mol. The summed E-state index contributed by atoms with van der Waals surface area (Å²) in [5.41, 5.74) is 6.99. The molecular formula is C29H30F3NO4. The molecule has 0 spiro atoms. The molecule has 8 heteroatoms. The number of rotatable bonds is 5. The van der Waals surface area contributed by atoms with Crippen LogP contribution < -0.4 is 10.5 Å². The third-order valence-corrected chi connectivity index (χ3v) is 6.09. The van der Waals surface area contributed by atoms with Gasteiger partial charge in [0.15, 0.2) is 6.10 Å². The fraction of sp³-hybridized carbons (Fsp3) is 0.345. The van der Waals surface area contributed by atoms with Crippen LogP contribution in [0.3, 0.4) is 0 Å². The first kappa shape index (κ1) is 26.5. The highest BCUT2D eigenvalue weighted by molar-refractivity contribution is 5.91. The van der Waals surface area contributed by atoms with Gasteiger partial charge in [-0.05, 0) is 91.8 Å². The number of fused-ring (bicyclic) bond motifs is 1. The molecule has 0 fully saturated rings. The molecule has 4 rings (SSSR count). The van der Waals surface area contributed by atoms with E-state index in [4.69, 9.17) is 19.9 Å². The summed E-state index contributed by atoms with van der Waals surface area (Å²) in [6.45, 7) is 5.61. The van der Waals surface area contributed by atoms with Gasteiger partial charge >= 0.3 is 12.1 Å². The van der Waals surface area contributed by atoms with Gasteiger partial charge in [-0.15, -0.1) is 0 Å². The fourth-order valence-corrected chi connectivity index (χ4v) is 4.60. The lowest BCUT2D eigenvalue weighted by molar-refractivity contribution is -0.166. The summed E-state index contributed by atoms with van der Waals surface area (Å²) in [6.07, 6.45) is -4.87. The number of alkyl halides is 3. The van der Waals surface area contributed by atoms with Crippen LogP contribution in [-0.2, 0) is 26.9 Å². The van der Waals surface area contributed by atoms with Crippen LogP contribution in [-0.4, -0.2) is 25.3 Å². The van der Waals surface area contributed by atoms with Crippen LogP contribution >= 0.6 is 0 Å². The van der Waals surface area contributed by atoms with E-state index < -0.39 is 29.4 Å². The molecule has 3 aromatic carbocycles. The maximum atomic E-state index is 14.5. The second-order valence-electron chi connectivity index (χ2n) is 9.98. The van der Waals surface area contributed by atoms with Crippen molar-refractivity contribution in [3.63, 3.8) is 0 Å². The maximum absolute atomic E-state index is 14.5. The minimum atomic E-state index is -4.76. The van der Waals surface area contributed by atoms with Gasteiger partial charge in [0.25, 0.3) is 0 Å². The van der Waals surface area contributed by atoms with Crippen molar-refractivity contribution in [3.8, 4) is 28.0 Å². The predicted octanol–water partition coefficient (Wildman–Crippen LogP) is 6.98. The Hall–Kier alpha value is -3.52. The van der Waals surface area contributed by atoms with Crippen LogP contribution in [0.5, 0.6) is 5.75 Å². The van der Waals surface area contributed by atoms with Gasteiger partial charge in [-0.25, -0.2) is 4.79 Å². The van der Waals surface area contributed by atoms with E-state index in [0.29, 0.717) is 34.7 Å². The highest BCUT2D eigenvalue weighted by atomic mass is 19.4. The van der Waals surface area contributed by atoms with Gasteiger partial charge in [-0.3, -0.25) is 0 Å². The molecule has 0 radical (unpaired) electrons. The SMILES string of the molecule is COC(=O)C(OC(C)(C)C)c1c(C(F)(F)F)ccc(-c2cccc(N)c2)c1-c1ccc2c(c1)CCCO2. The maximum Gasteiger partial charge on any atom is 0.416 e. The zero-order valence-corrected chi connectivity index (χ0v) is 21.2. The third kappa shape index (κ3) is 5.74. The molecule has 1 aliphatic heterocycles. The number of nitrogen functional groups attached to an aromatic ring is 1. The molecule has 0 aliphatic carbocycles. The zero-order valence-electron chi connectivity index (χ0n) is 21.2. The monoisotopic (exact) mass is 513 g/mol. The molecular weight excluding hydrogens is 483 g/mol. The van der Waals surface area contributed by atoms with Gasteiger partial charge in [0.05, 0.1) is 24.9 Å². The Morgan fingerprint density at radius 1 is 1.03 bits per heavy atom. The molecule has 0 bridgehead atoms. The van der Waals surface area contributed by atoms with Crippen molar-refractivity contribution in [2.75, 3.05) is 19.5 Å². The molecule has 0 saturated heterocycles. The molecule has 5 nitrogen and oxygen atoms in total. The highest BCUT2D eigenvalue weighted by Crippen LogP contribution is 2.47. The number of anilines is 1. The van der Waals surface area contributed by atoms with E-state index in [1.807, 2.05) is 6.07 Å². The van der Waals surface area contributed by atoms with Crippen molar-refractivity contribution in [2.45, 2.75) is 51.5 Å². The number of carbonyl (C=O) groups excluding carboxylic acids is 1. The van der Waals surface area contributed by atoms with Crippen LogP contribution in [0.2, 0.25) is 0 Å². The summed E-state index contributed by atoms with van der Waals surface area (Å²) in [7, 11) is 1.13. The standard InChI is InChI=1S/C29H30F3NO4/c1-28(2,3)37-26(27(34)35-4)25-22(29(30,31)32)12-11-21(17-7-5-9-20(33)16-17)24(25)19-10-13-23-18(15-19)8-6-14-36-23/h5,7,9-13,15-16,26H,6,8,14,33H2,1-4H3. The van der Waals surface area contributed by atoms with Gasteiger partial charge in [0, 0.05) is 11.3 Å². The van der Waals surface area contributed by atoms with Gasteiger partial charge in [-0.2, -0.15) is 13.2 Å². The number of aryl methyl sites for hydroxylation is 1. The van der Waals surface area contributed by atoms with Gasteiger partial charge < -0.3 is 19.9 Å². The molecule has 1 heterocycles. The van der Waals surface area contributed by atoms with E-state index in [1.54, 1.807) is 57.2 Å². The van der Waals surface area contributed by atoms with Crippen LogP contribution in [0.1, 0.15) is 50.0 Å². The van der Waals surface area contributed by atoms with E-state index in [1.165, 1.54) is 6.07 Å². The molecule has 1 unspecified atom stereocenters. The Labute approximate surface area is 214 Å². The second kappa shape index (κ2) is 10.1. The van der Waals surface area contributed by atoms with E-state index in [-0.39, 0.29) is 11.1 Å². The second-order valence-corrected chi connectivity index (χ2v) is 9.98. The Morgan fingerprint density at radius 2 is 1.78 bits per heavy atom. The smallest absolute Gasteiger partial charge is 0.416 e. The van der Waals surface area contributed by atoms with Gasteiger partial charge in [-0.1, -0.05) is 24.3 Å². The van der Waals surface area contributed by atoms with E-state index in [2.05, 4.69) is 0 Å². The van der Waals surface area contributed by atoms with Crippen LogP contribution in [0.15, 0.2) is 54.6 Å². The molecule has 196 valence electrons. The van der Waals surface area contributed by atoms with E-state index in [9.17, 15) is 18.0 Å².